The van der Waals surface area contributed by atoms with Crippen molar-refractivity contribution in [2.24, 2.45) is 0 Å². The molecule has 6 heteroatoms. The summed E-state index contributed by atoms with van der Waals surface area (Å²) in [6.07, 6.45) is 3.70. The van der Waals surface area contributed by atoms with Gasteiger partial charge in [0.25, 0.3) is 5.56 Å². The minimum atomic E-state index is -0.305. The maximum Gasteiger partial charge on any atom is 0.251 e. The van der Waals surface area contributed by atoms with Crippen molar-refractivity contribution < 1.29 is 4.39 Å². The molecule has 0 saturated carbocycles. The summed E-state index contributed by atoms with van der Waals surface area (Å²) < 4.78 is 15.3. The van der Waals surface area contributed by atoms with Gasteiger partial charge in [0, 0.05) is 17.5 Å². The summed E-state index contributed by atoms with van der Waals surface area (Å²) in [5.74, 6) is 0.00642. The Morgan fingerprint density at radius 1 is 1.25 bits per heavy atom. The summed E-state index contributed by atoms with van der Waals surface area (Å²) in [5, 5.41) is 4.47. The van der Waals surface area contributed by atoms with E-state index in [1.807, 2.05) is 6.07 Å². The minimum Gasteiger partial charge on any atom is -0.306 e. The van der Waals surface area contributed by atoms with Gasteiger partial charge in [0.1, 0.15) is 11.5 Å². The topological polar surface area (TPSA) is 53.4 Å². The lowest BCUT2D eigenvalue weighted by molar-refractivity contribution is 0.252. The molecule has 3 heterocycles. The van der Waals surface area contributed by atoms with Crippen molar-refractivity contribution in [1.82, 2.24) is 19.5 Å². The van der Waals surface area contributed by atoms with E-state index in [2.05, 4.69) is 22.0 Å². The molecule has 0 unspecified atom stereocenters. The van der Waals surface area contributed by atoms with Gasteiger partial charge >= 0.3 is 0 Å². The van der Waals surface area contributed by atoms with Crippen LogP contribution in [0, 0.1) is 5.82 Å². The molecule has 0 radical (unpaired) electrons. The predicted molar refractivity (Wildman–Crippen MR) is 90.7 cm³/mol. The number of benzene rings is 1. The van der Waals surface area contributed by atoms with Gasteiger partial charge in [-0.3, -0.25) is 4.79 Å². The van der Waals surface area contributed by atoms with Gasteiger partial charge in [0.2, 0.25) is 0 Å². The van der Waals surface area contributed by atoms with Crippen LogP contribution in [-0.2, 0) is 0 Å². The second kappa shape index (κ2) is 5.87. The van der Waals surface area contributed by atoms with Crippen LogP contribution in [-0.4, -0.2) is 39.6 Å². The smallest absolute Gasteiger partial charge is 0.251 e. The van der Waals surface area contributed by atoms with Crippen molar-refractivity contribution >= 4 is 5.65 Å². The Bertz CT molecular complexity index is 938. The Morgan fingerprint density at radius 2 is 2.04 bits per heavy atom. The van der Waals surface area contributed by atoms with Crippen LogP contribution in [0.3, 0.4) is 0 Å². The van der Waals surface area contributed by atoms with E-state index in [1.165, 1.54) is 12.1 Å². The van der Waals surface area contributed by atoms with Gasteiger partial charge in [0.15, 0.2) is 0 Å². The van der Waals surface area contributed by atoms with E-state index in [4.69, 9.17) is 0 Å². The van der Waals surface area contributed by atoms with E-state index in [0.29, 0.717) is 17.1 Å². The van der Waals surface area contributed by atoms with Crippen LogP contribution in [0.5, 0.6) is 0 Å². The molecule has 1 aliphatic rings. The molecule has 3 aromatic rings. The Labute approximate surface area is 138 Å². The summed E-state index contributed by atoms with van der Waals surface area (Å²) in [5.41, 5.74) is 2.86. The maximum absolute atomic E-state index is 13.5. The molecule has 0 bridgehead atoms. The molecule has 1 aromatic carbocycles. The molecular formula is C18H19FN4O. The average Bonchev–Trinajstić information content (AvgIpc) is 2.98. The summed E-state index contributed by atoms with van der Waals surface area (Å²) in [7, 11) is 2.11. The van der Waals surface area contributed by atoms with Crippen LogP contribution in [0.15, 0.2) is 41.3 Å². The summed E-state index contributed by atoms with van der Waals surface area (Å²) in [6, 6.07) is 7.98. The number of nitrogens with one attached hydrogen (secondary N) is 1. The standard InChI is InChI=1S/C18H19FN4O/c1-22-7-5-12(6-8-22)16-10-17(24)21-18-15(11-20-23(16)18)13-3-2-4-14(19)9-13/h2-4,9-12H,5-8H2,1H3,(H,21,24). The highest BCUT2D eigenvalue weighted by atomic mass is 19.1. The number of rotatable bonds is 2. The van der Waals surface area contributed by atoms with E-state index in [-0.39, 0.29) is 11.4 Å². The van der Waals surface area contributed by atoms with Crippen molar-refractivity contribution in [3.05, 3.63) is 58.4 Å². The molecule has 0 amide bonds. The first-order valence-corrected chi connectivity index (χ1v) is 8.17. The molecule has 1 aliphatic heterocycles. The molecule has 5 nitrogen and oxygen atoms in total. The Hall–Kier alpha value is -2.47. The van der Waals surface area contributed by atoms with E-state index in [9.17, 15) is 9.18 Å². The molecule has 0 aliphatic carbocycles. The number of aromatic amines is 1. The highest BCUT2D eigenvalue weighted by Crippen LogP contribution is 2.29. The number of piperidine rings is 1. The van der Waals surface area contributed by atoms with Crippen LogP contribution in [0.25, 0.3) is 16.8 Å². The third kappa shape index (κ3) is 2.63. The van der Waals surface area contributed by atoms with E-state index in [1.54, 1.807) is 22.8 Å². The molecule has 0 spiro atoms. The molecule has 4 rings (SSSR count). The van der Waals surface area contributed by atoms with Gasteiger partial charge in [0.05, 0.1) is 11.9 Å². The Morgan fingerprint density at radius 3 is 2.79 bits per heavy atom. The first kappa shape index (κ1) is 15.1. The maximum atomic E-state index is 13.5. The fraction of sp³-hybridized carbons (Fsp3) is 0.333. The van der Waals surface area contributed by atoms with Crippen molar-refractivity contribution in [2.45, 2.75) is 18.8 Å². The number of hydrogen-bond donors (Lipinski definition) is 1. The SMILES string of the molecule is CN1CCC(c2cc(=O)[nH]c3c(-c4cccc(F)c4)cnn23)CC1. The van der Waals surface area contributed by atoms with Crippen LogP contribution >= 0.6 is 0 Å². The van der Waals surface area contributed by atoms with Gasteiger partial charge in [-0.1, -0.05) is 12.1 Å². The number of halogens is 1. The minimum absolute atomic E-state index is 0.144. The van der Waals surface area contributed by atoms with Crippen molar-refractivity contribution in [2.75, 3.05) is 20.1 Å². The number of hydrogen-bond acceptors (Lipinski definition) is 3. The molecular weight excluding hydrogens is 307 g/mol. The second-order valence-corrected chi connectivity index (χ2v) is 6.47. The fourth-order valence-electron chi connectivity index (χ4n) is 3.48. The normalized spacial score (nSPS) is 16.8. The zero-order valence-corrected chi connectivity index (χ0v) is 13.5. The lowest BCUT2D eigenvalue weighted by Crippen LogP contribution is -2.30. The molecule has 1 saturated heterocycles. The van der Waals surface area contributed by atoms with Crippen molar-refractivity contribution in [1.29, 1.82) is 0 Å². The molecule has 124 valence electrons. The second-order valence-electron chi connectivity index (χ2n) is 6.47. The van der Waals surface area contributed by atoms with Gasteiger partial charge in [-0.2, -0.15) is 5.10 Å². The molecule has 24 heavy (non-hydrogen) atoms. The van der Waals surface area contributed by atoms with Crippen LogP contribution in [0.1, 0.15) is 24.5 Å². The number of H-pyrrole nitrogens is 1. The third-order valence-electron chi connectivity index (χ3n) is 4.81. The first-order chi connectivity index (χ1) is 11.6. The van der Waals surface area contributed by atoms with Crippen LogP contribution in [0.2, 0.25) is 0 Å². The molecule has 0 atom stereocenters. The number of fused-ring (bicyclic) bond motifs is 1. The van der Waals surface area contributed by atoms with Crippen molar-refractivity contribution in [3.8, 4) is 11.1 Å². The zero-order valence-electron chi connectivity index (χ0n) is 13.5. The van der Waals surface area contributed by atoms with Crippen LogP contribution in [0.4, 0.5) is 4.39 Å². The van der Waals surface area contributed by atoms with Gasteiger partial charge in [-0.25, -0.2) is 8.91 Å². The molecule has 2 aromatic heterocycles. The Kier molecular flexibility index (Phi) is 3.69. The van der Waals surface area contributed by atoms with Gasteiger partial charge in [-0.15, -0.1) is 0 Å². The Balaban J connectivity index is 1.84. The summed E-state index contributed by atoms with van der Waals surface area (Å²) in [4.78, 5) is 17.3. The lowest BCUT2D eigenvalue weighted by Gasteiger charge is -2.29. The van der Waals surface area contributed by atoms with Gasteiger partial charge < -0.3 is 9.88 Å². The zero-order chi connectivity index (χ0) is 16.7. The van der Waals surface area contributed by atoms with Gasteiger partial charge in [-0.05, 0) is 50.7 Å². The number of aromatic nitrogens is 3. The average molecular weight is 326 g/mol. The highest BCUT2D eigenvalue weighted by molar-refractivity contribution is 5.77. The van der Waals surface area contributed by atoms with E-state index < -0.39 is 0 Å². The van der Waals surface area contributed by atoms with Crippen molar-refractivity contribution in [3.63, 3.8) is 0 Å². The van der Waals surface area contributed by atoms with Crippen LogP contribution < -0.4 is 5.56 Å². The fourth-order valence-corrected chi connectivity index (χ4v) is 3.48. The lowest BCUT2D eigenvalue weighted by atomic mass is 9.93. The quantitative estimate of drug-likeness (QED) is 0.788. The molecule has 1 N–H and O–H groups in total. The third-order valence-corrected chi connectivity index (χ3v) is 4.81. The largest absolute Gasteiger partial charge is 0.306 e. The number of likely N-dealkylation sites (tertiary alicyclic amines) is 1. The van der Waals surface area contributed by atoms with E-state index in [0.717, 1.165) is 37.2 Å². The summed E-state index contributed by atoms with van der Waals surface area (Å²) in [6.45, 7) is 2.02. The molecule has 1 fully saturated rings. The number of nitrogens with zero attached hydrogens (tertiary/aromatic N) is 3. The first-order valence-electron chi connectivity index (χ1n) is 8.17. The summed E-state index contributed by atoms with van der Waals surface area (Å²) >= 11 is 0. The highest BCUT2D eigenvalue weighted by Gasteiger charge is 2.22. The predicted octanol–water partition coefficient (Wildman–Crippen LogP) is 2.64. The monoisotopic (exact) mass is 326 g/mol. The van der Waals surface area contributed by atoms with E-state index >= 15 is 0 Å².